The number of hydrogen-bond donors (Lipinski definition) is 1. The Morgan fingerprint density at radius 1 is 1.38 bits per heavy atom. The first kappa shape index (κ1) is 9.46. The summed E-state index contributed by atoms with van der Waals surface area (Å²) in [7, 11) is 0. The number of nitrogens with zero attached hydrogens (tertiary/aromatic N) is 2. The van der Waals surface area contributed by atoms with Gasteiger partial charge in [-0.2, -0.15) is 0 Å². The highest BCUT2D eigenvalue weighted by Crippen LogP contribution is 2.33. The fourth-order valence-electron chi connectivity index (χ4n) is 2.34. The van der Waals surface area contributed by atoms with Crippen LogP contribution >= 0.6 is 0 Å². The van der Waals surface area contributed by atoms with Crippen LogP contribution in [0.5, 0.6) is 0 Å². The van der Waals surface area contributed by atoms with E-state index in [1.807, 2.05) is 18.7 Å². The van der Waals surface area contributed by atoms with Gasteiger partial charge in [-0.3, -0.25) is 0 Å². The molecule has 1 aliphatic rings. The summed E-state index contributed by atoms with van der Waals surface area (Å²) in [6, 6.07) is 8.60. The van der Waals surface area contributed by atoms with E-state index in [2.05, 4.69) is 39.1 Å². The zero-order valence-corrected chi connectivity index (χ0v) is 9.13. The molecule has 1 aromatic heterocycles. The molecule has 0 bridgehead atoms. The van der Waals surface area contributed by atoms with E-state index in [0.717, 1.165) is 13.1 Å². The van der Waals surface area contributed by atoms with Gasteiger partial charge in [0.2, 0.25) is 0 Å². The minimum Gasteiger partial charge on any atom is -0.384 e. The highest BCUT2D eigenvalue weighted by atomic mass is 15.0. The number of rotatable bonds is 3. The maximum atomic E-state index is 4.06. The van der Waals surface area contributed by atoms with Crippen molar-refractivity contribution in [2.24, 2.45) is 0 Å². The topological polar surface area (TPSA) is 29.9 Å². The fourth-order valence-corrected chi connectivity index (χ4v) is 2.34. The predicted octanol–water partition coefficient (Wildman–Crippen LogP) is 2.48. The van der Waals surface area contributed by atoms with Crippen LogP contribution in [0.2, 0.25) is 0 Å². The lowest BCUT2D eigenvalue weighted by molar-refractivity contribution is 0.574. The minimum absolute atomic E-state index is 0.638. The fraction of sp³-hybridized carbons (Fsp3) is 0.308. The molecule has 2 aromatic rings. The smallest absolute Gasteiger partial charge is 0.0945 e. The van der Waals surface area contributed by atoms with Gasteiger partial charge in [-0.1, -0.05) is 18.2 Å². The molecule has 0 fully saturated rings. The zero-order chi connectivity index (χ0) is 10.8. The average molecular weight is 213 g/mol. The standard InChI is InChI=1S/C13H15N3/c1-2-4-13-12(3-1)11(9-15-13)5-7-16-8-6-14-10-16/h1-4,6,8,10-11,15H,5,7,9H2. The third kappa shape index (κ3) is 1.69. The number of anilines is 1. The van der Waals surface area contributed by atoms with Gasteiger partial charge in [0.25, 0.3) is 0 Å². The van der Waals surface area contributed by atoms with Gasteiger partial charge in [-0.15, -0.1) is 0 Å². The summed E-state index contributed by atoms with van der Waals surface area (Å²) in [6.07, 6.45) is 6.91. The molecule has 3 heteroatoms. The van der Waals surface area contributed by atoms with Crippen molar-refractivity contribution in [2.45, 2.75) is 18.9 Å². The van der Waals surface area contributed by atoms with Crippen molar-refractivity contribution in [1.82, 2.24) is 9.55 Å². The molecule has 1 unspecified atom stereocenters. The molecule has 0 amide bonds. The maximum Gasteiger partial charge on any atom is 0.0945 e. The molecule has 0 saturated heterocycles. The Labute approximate surface area is 95.1 Å². The highest BCUT2D eigenvalue weighted by Gasteiger charge is 2.20. The number of hydrogen-bond acceptors (Lipinski definition) is 2. The molecule has 16 heavy (non-hydrogen) atoms. The van der Waals surface area contributed by atoms with Crippen molar-refractivity contribution in [2.75, 3.05) is 11.9 Å². The average Bonchev–Trinajstić information content (AvgIpc) is 2.96. The third-order valence-electron chi connectivity index (χ3n) is 3.23. The van der Waals surface area contributed by atoms with Crippen LogP contribution in [0.3, 0.4) is 0 Å². The Balaban J connectivity index is 1.69. The van der Waals surface area contributed by atoms with Crippen LogP contribution in [0.15, 0.2) is 43.0 Å². The van der Waals surface area contributed by atoms with E-state index in [1.54, 1.807) is 0 Å². The van der Waals surface area contributed by atoms with Gasteiger partial charge in [0.1, 0.15) is 0 Å². The molecule has 82 valence electrons. The Kier molecular flexibility index (Phi) is 2.37. The van der Waals surface area contributed by atoms with Crippen molar-refractivity contribution < 1.29 is 0 Å². The molecule has 0 radical (unpaired) electrons. The number of para-hydroxylation sites is 1. The predicted molar refractivity (Wildman–Crippen MR) is 64.5 cm³/mol. The van der Waals surface area contributed by atoms with Crippen molar-refractivity contribution in [3.8, 4) is 0 Å². The molecule has 2 heterocycles. The molecule has 1 aliphatic heterocycles. The molecule has 3 nitrogen and oxygen atoms in total. The Morgan fingerprint density at radius 2 is 2.31 bits per heavy atom. The maximum absolute atomic E-state index is 4.06. The largest absolute Gasteiger partial charge is 0.384 e. The first-order valence-corrected chi connectivity index (χ1v) is 5.72. The number of fused-ring (bicyclic) bond motifs is 1. The molecule has 0 aliphatic carbocycles. The number of aryl methyl sites for hydroxylation is 1. The SMILES string of the molecule is c1ccc2c(c1)NCC2CCn1ccnc1. The molecular formula is C13H15N3. The molecule has 1 aromatic carbocycles. The van der Waals surface area contributed by atoms with Crippen LogP contribution in [-0.4, -0.2) is 16.1 Å². The number of benzene rings is 1. The summed E-state index contributed by atoms with van der Waals surface area (Å²) in [6.45, 7) is 2.11. The highest BCUT2D eigenvalue weighted by molar-refractivity contribution is 5.57. The van der Waals surface area contributed by atoms with E-state index in [1.165, 1.54) is 17.7 Å². The number of imidazole rings is 1. The van der Waals surface area contributed by atoms with Gasteiger partial charge in [0.05, 0.1) is 6.33 Å². The van der Waals surface area contributed by atoms with Crippen LogP contribution in [-0.2, 0) is 6.54 Å². The summed E-state index contributed by atoms with van der Waals surface area (Å²) in [4.78, 5) is 4.06. The number of nitrogens with one attached hydrogen (secondary N) is 1. The van der Waals surface area contributed by atoms with Crippen LogP contribution < -0.4 is 5.32 Å². The molecule has 1 atom stereocenters. The molecule has 3 rings (SSSR count). The van der Waals surface area contributed by atoms with Crippen molar-refractivity contribution in [3.05, 3.63) is 48.5 Å². The van der Waals surface area contributed by atoms with E-state index in [-0.39, 0.29) is 0 Å². The first-order valence-electron chi connectivity index (χ1n) is 5.72. The van der Waals surface area contributed by atoms with Crippen molar-refractivity contribution in [1.29, 1.82) is 0 Å². The monoisotopic (exact) mass is 213 g/mol. The summed E-state index contributed by atoms with van der Waals surface area (Å²) < 4.78 is 2.14. The normalized spacial score (nSPS) is 18.1. The van der Waals surface area contributed by atoms with Crippen LogP contribution in [0.25, 0.3) is 0 Å². The van der Waals surface area contributed by atoms with E-state index < -0.39 is 0 Å². The number of aromatic nitrogens is 2. The molecular weight excluding hydrogens is 198 g/mol. The van der Waals surface area contributed by atoms with E-state index in [4.69, 9.17) is 0 Å². The van der Waals surface area contributed by atoms with Crippen molar-refractivity contribution >= 4 is 5.69 Å². The van der Waals surface area contributed by atoms with Gasteiger partial charge in [0.15, 0.2) is 0 Å². The van der Waals surface area contributed by atoms with E-state index in [9.17, 15) is 0 Å². The summed E-state index contributed by atoms with van der Waals surface area (Å²) in [5.74, 6) is 0.638. The van der Waals surface area contributed by atoms with Gasteiger partial charge in [-0.05, 0) is 18.1 Å². The van der Waals surface area contributed by atoms with Gasteiger partial charge in [-0.25, -0.2) is 4.98 Å². The Morgan fingerprint density at radius 3 is 3.19 bits per heavy atom. The second kappa shape index (κ2) is 4.00. The lowest BCUT2D eigenvalue weighted by atomic mass is 9.98. The first-order chi connectivity index (χ1) is 7.93. The minimum atomic E-state index is 0.638. The van der Waals surface area contributed by atoms with E-state index >= 15 is 0 Å². The zero-order valence-electron chi connectivity index (χ0n) is 9.13. The summed E-state index contributed by atoms with van der Waals surface area (Å²) >= 11 is 0. The molecule has 1 N–H and O–H groups in total. The lowest BCUT2D eigenvalue weighted by Gasteiger charge is -2.10. The lowest BCUT2D eigenvalue weighted by Crippen LogP contribution is -2.06. The van der Waals surface area contributed by atoms with Gasteiger partial charge < -0.3 is 9.88 Å². The third-order valence-corrected chi connectivity index (χ3v) is 3.23. The molecule has 0 saturated carbocycles. The summed E-state index contributed by atoms with van der Waals surface area (Å²) in [5, 5.41) is 3.46. The van der Waals surface area contributed by atoms with E-state index in [0.29, 0.717) is 5.92 Å². The quantitative estimate of drug-likeness (QED) is 0.849. The van der Waals surface area contributed by atoms with Gasteiger partial charge in [0, 0.05) is 37.1 Å². The van der Waals surface area contributed by atoms with Crippen LogP contribution in [0.1, 0.15) is 17.9 Å². The van der Waals surface area contributed by atoms with Crippen molar-refractivity contribution in [3.63, 3.8) is 0 Å². The van der Waals surface area contributed by atoms with Crippen LogP contribution in [0.4, 0.5) is 5.69 Å². The Hall–Kier alpha value is -1.77. The second-order valence-corrected chi connectivity index (χ2v) is 4.25. The second-order valence-electron chi connectivity index (χ2n) is 4.25. The molecule has 0 spiro atoms. The van der Waals surface area contributed by atoms with Crippen LogP contribution in [0, 0.1) is 0 Å². The summed E-state index contributed by atoms with van der Waals surface area (Å²) in [5.41, 5.74) is 2.76. The Bertz CT molecular complexity index is 462. The van der Waals surface area contributed by atoms with Gasteiger partial charge >= 0.3 is 0 Å².